The monoisotopic (exact) mass is 385 g/mol. The van der Waals surface area contributed by atoms with Crippen LogP contribution in [0, 0.1) is 0 Å². The summed E-state index contributed by atoms with van der Waals surface area (Å²) in [5.41, 5.74) is 0.726. The molecule has 1 aromatic rings. The fourth-order valence-corrected chi connectivity index (χ4v) is 4.64. The summed E-state index contributed by atoms with van der Waals surface area (Å²) in [6.45, 7) is 8.83. The molecule has 0 aromatic heterocycles. The lowest BCUT2D eigenvalue weighted by Gasteiger charge is -2.34. The van der Waals surface area contributed by atoms with Gasteiger partial charge in [-0.25, -0.2) is 0 Å². The van der Waals surface area contributed by atoms with Gasteiger partial charge in [0, 0.05) is 49.9 Å². The lowest BCUT2D eigenvalue weighted by Crippen LogP contribution is -2.42. The number of carbonyl (C=O) groups excluding carboxylic acids is 1. The topological polar surface area (TPSA) is 44.8 Å². The second-order valence-corrected chi connectivity index (χ2v) is 9.01. The van der Waals surface area contributed by atoms with Crippen LogP contribution in [-0.4, -0.2) is 66.1 Å². The Labute approximate surface area is 169 Å². The second kappa shape index (κ2) is 8.83. The van der Waals surface area contributed by atoms with E-state index in [1.165, 1.54) is 19.3 Å². The minimum atomic E-state index is 0.0391. The van der Waals surface area contributed by atoms with Gasteiger partial charge < -0.3 is 15.0 Å². The fourth-order valence-electron chi connectivity index (χ4n) is 4.64. The molecule has 1 atom stereocenters. The van der Waals surface area contributed by atoms with Crippen molar-refractivity contribution in [2.24, 2.45) is 0 Å². The minimum absolute atomic E-state index is 0.0391. The summed E-state index contributed by atoms with van der Waals surface area (Å²) < 4.78 is 6.15. The number of benzene rings is 1. The zero-order valence-corrected chi connectivity index (χ0v) is 17.4. The third-order valence-electron chi connectivity index (χ3n) is 6.77. The molecule has 2 saturated heterocycles. The van der Waals surface area contributed by atoms with Crippen LogP contribution in [0.25, 0.3) is 0 Å². The molecule has 1 saturated carbocycles. The van der Waals surface area contributed by atoms with Gasteiger partial charge in [-0.05, 0) is 70.2 Å². The highest BCUT2D eigenvalue weighted by Gasteiger charge is 2.32. The van der Waals surface area contributed by atoms with Gasteiger partial charge in [-0.3, -0.25) is 9.69 Å². The molecule has 0 bridgehead atoms. The van der Waals surface area contributed by atoms with Gasteiger partial charge >= 0.3 is 0 Å². The van der Waals surface area contributed by atoms with Gasteiger partial charge in [0.15, 0.2) is 0 Å². The molecule has 28 heavy (non-hydrogen) atoms. The van der Waals surface area contributed by atoms with Crippen LogP contribution in [0.4, 0.5) is 0 Å². The van der Waals surface area contributed by atoms with Gasteiger partial charge in [0.05, 0.1) is 0 Å². The number of hydrogen-bond acceptors (Lipinski definition) is 4. The predicted octanol–water partition coefficient (Wildman–Crippen LogP) is 3.29. The summed E-state index contributed by atoms with van der Waals surface area (Å²) in [6.07, 6.45) is 7.52. The van der Waals surface area contributed by atoms with Crippen LogP contribution >= 0.6 is 0 Å². The highest BCUT2D eigenvalue weighted by atomic mass is 16.5. The highest BCUT2D eigenvalue weighted by Crippen LogP contribution is 2.28. The van der Waals surface area contributed by atoms with E-state index >= 15 is 0 Å². The average Bonchev–Trinajstić information content (AvgIpc) is 3.09. The van der Waals surface area contributed by atoms with Crippen LogP contribution in [0.5, 0.6) is 5.75 Å². The van der Waals surface area contributed by atoms with Gasteiger partial charge in [0.2, 0.25) is 0 Å². The number of nitrogens with zero attached hydrogens (tertiary/aromatic N) is 2. The molecule has 1 N–H and O–H groups in total. The van der Waals surface area contributed by atoms with Crippen LogP contribution in [0.15, 0.2) is 24.3 Å². The van der Waals surface area contributed by atoms with Crippen molar-refractivity contribution in [3.63, 3.8) is 0 Å². The van der Waals surface area contributed by atoms with E-state index in [9.17, 15) is 4.79 Å². The number of nitrogens with one attached hydrogen (secondary N) is 1. The van der Waals surface area contributed by atoms with Crippen molar-refractivity contribution in [3.05, 3.63) is 29.8 Å². The van der Waals surface area contributed by atoms with Gasteiger partial charge in [-0.1, -0.05) is 6.42 Å². The molecule has 2 heterocycles. The zero-order valence-electron chi connectivity index (χ0n) is 17.4. The molecule has 154 valence electrons. The summed E-state index contributed by atoms with van der Waals surface area (Å²) in [5, 5.41) is 3.22. The van der Waals surface area contributed by atoms with E-state index in [2.05, 4.69) is 29.0 Å². The molecule has 1 aliphatic carbocycles. The molecular formula is C23H35N3O2. The van der Waals surface area contributed by atoms with E-state index in [1.54, 1.807) is 0 Å². The Morgan fingerprint density at radius 1 is 1.04 bits per heavy atom. The predicted molar refractivity (Wildman–Crippen MR) is 112 cm³/mol. The van der Waals surface area contributed by atoms with Crippen molar-refractivity contribution in [3.8, 4) is 5.75 Å². The first-order valence-electron chi connectivity index (χ1n) is 11.1. The first-order chi connectivity index (χ1) is 13.6. The second-order valence-electron chi connectivity index (χ2n) is 9.01. The minimum Gasteiger partial charge on any atom is -0.490 e. The molecule has 3 aliphatic rings. The molecule has 5 nitrogen and oxygen atoms in total. The van der Waals surface area contributed by atoms with E-state index in [-0.39, 0.29) is 18.1 Å². The standard InChI is InChI=1S/C23H35N3O2/c1-17(2)25-14-11-22(12-15-25)28-21-8-6-18(7-9-21)23(27)24-19-10-13-26(16-19)20-4-3-5-20/h6-9,17,19-20,22H,3-5,10-16H2,1-2H3,(H,24,27). The Kier molecular flexibility index (Phi) is 6.22. The maximum atomic E-state index is 12.6. The number of amides is 1. The Hall–Kier alpha value is -1.59. The Morgan fingerprint density at radius 3 is 2.36 bits per heavy atom. The largest absolute Gasteiger partial charge is 0.490 e. The van der Waals surface area contributed by atoms with Gasteiger partial charge in [-0.2, -0.15) is 0 Å². The summed E-state index contributed by atoms with van der Waals surface area (Å²) in [7, 11) is 0. The van der Waals surface area contributed by atoms with Crippen LogP contribution in [0.3, 0.4) is 0 Å². The maximum absolute atomic E-state index is 12.6. The molecule has 0 radical (unpaired) electrons. The number of carbonyl (C=O) groups is 1. The Morgan fingerprint density at radius 2 is 1.75 bits per heavy atom. The molecule has 1 amide bonds. The average molecular weight is 386 g/mol. The molecule has 1 unspecified atom stereocenters. The van der Waals surface area contributed by atoms with Crippen molar-refractivity contribution in [2.75, 3.05) is 26.2 Å². The summed E-state index contributed by atoms with van der Waals surface area (Å²) in [6, 6.07) is 9.34. The molecule has 3 fully saturated rings. The maximum Gasteiger partial charge on any atom is 0.251 e. The molecule has 2 aliphatic heterocycles. The van der Waals surface area contributed by atoms with E-state index in [4.69, 9.17) is 4.74 Å². The molecular weight excluding hydrogens is 350 g/mol. The smallest absolute Gasteiger partial charge is 0.251 e. The summed E-state index contributed by atoms with van der Waals surface area (Å²) in [4.78, 5) is 17.6. The van der Waals surface area contributed by atoms with Crippen LogP contribution < -0.4 is 10.1 Å². The van der Waals surface area contributed by atoms with E-state index in [0.717, 1.165) is 62.8 Å². The number of ether oxygens (including phenoxy) is 1. The van der Waals surface area contributed by atoms with E-state index in [1.807, 2.05) is 24.3 Å². The third kappa shape index (κ3) is 4.69. The zero-order chi connectivity index (χ0) is 19.5. The highest BCUT2D eigenvalue weighted by molar-refractivity contribution is 5.94. The summed E-state index contributed by atoms with van der Waals surface area (Å²) >= 11 is 0. The Bertz CT molecular complexity index is 648. The SMILES string of the molecule is CC(C)N1CCC(Oc2ccc(C(=O)NC3CCN(C4CCC4)C3)cc2)CC1. The number of likely N-dealkylation sites (tertiary alicyclic amines) is 2. The van der Waals surface area contributed by atoms with Crippen molar-refractivity contribution < 1.29 is 9.53 Å². The van der Waals surface area contributed by atoms with Crippen LogP contribution in [0.1, 0.15) is 62.7 Å². The normalized spacial score (nSPS) is 25.0. The van der Waals surface area contributed by atoms with Crippen molar-refractivity contribution in [2.45, 2.75) is 76.6 Å². The van der Waals surface area contributed by atoms with E-state index in [0.29, 0.717) is 6.04 Å². The Balaban J connectivity index is 1.23. The lowest BCUT2D eigenvalue weighted by molar-refractivity contribution is 0.0843. The van der Waals surface area contributed by atoms with Gasteiger partial charge in [0.25, 0.3) is 5.91 Å². The lowest BCUT2D eigenvalue weighted by atomic mass is 9.92. The first-order valence-corrected chi connectivity index (χ1v) is 11.1. The number of piperidine rings is 1. The molecule has 5 heteroatoms. The van der Waals surface area contributed by atoms with Gasteiger partial charge in [-0.15, -0.1) is 0 Å². The fraction of sp³-hybridized carbons (Fsp3) is 0.696. The van der Waals surface area contributed by atoms with Crippen molar-refractivity contribution in [1.82, 2.24) is 15.1 Å². The van der Waals surface area contributed by atoms with Crippen LogP contribution in [0.2, 0.25) is 0 Å². The number of hydrogen-bond donors (Lipinski definition) is 1. The molecule has 4 rings (SSSR count). The van der Waals surface area contributed by atoms with Gasteiger partial charge in [0.1, 0.15) is 11.9 Å². The number of rotatable bonds is 6. The van der Waals surface area contributed by atoms with Crippen molar-refractivity contribution >= 4 is 5.91 Å². The quantitative estimate of drug-likeness (QED) is 0.816. The first kappa shape index (κ1) is 19.7. The van der Waals surface area contributed by atoms with Crippen molar-refractivity contribution in [1.29, 1.82) is 0 Å². The molecule has 0 spiro atoms. The summed E-state index contributed by atoms with van der Waals surface area (Å²) in [5.74, 6) is 0.911. The van der Waals surface area contributed by atoms with Crippen LogP contribution in [-0.2, 0) is 0 Å². The van der Waals surface area contributed by atoms with E-state index < -0.39 is 0 Å². The third-order valence-corrected chi connectivity index (χ3v) is 6.77. The molecule has 1 aromatic carbocycles.